The highest BCUT2D eigenvalue weighted by molar-refractivity contribution is 7.91. The molecule has 0 N–H and O–H groups in total. The minimum atomic E-state index is -3.49. The van der Waals surface area contributed by atoms with Crippen LogP contribution in [0.5, 0.6) is 0 Å². The zero-order chi connectivity index (χ0) is 15.6. The van der Waals surface area contributed by atoms with Crippen molar-refractivity contribution in [2.45, 2.75) is 43.4 Å². The second kappa shape index (κ2) is 6.54. The molecule has 2 aliphatic heterocycles. The topological polar surface area (TPSA) is 40.6 Å². The number of sulfonamides is 1. The summed E-state index contributed by atoms with van der Waals surface area (Å²) in [5.74, 6) is 0. The van der Waals surface area contributed by atoms with Gasteiger partial charge in [0.1, 0.15) is 0 Å². The Morgan fingerprint density at radius 3 is 2.14 bits per heavy atom. The lowest BCUT2D eigenvalue weighted by molar-refractivity contribution is 0.484. The predicted octanol–water partition coefficient (Wildman–Crippen LogP) is 3.18. The number of hydrogen-bond acceptors (Lipinski definition) is 4. The molecule has 0 atom stereocenters. The van der Waals surface area contributed by atoms with Crippen molar-refractivity contribution in [3.05, 3.63) is 24.3 Å². The van der Waals surface area contributed by atoms with Crippen LogP contribution in [-0.2, 0) is 10.0 Å². The van der Waals surface area contributed by atoms with Crippen LogP contribution in [0.3, 0.4) is 0 Å². The first kappa shape index (κ1) is 15.7. The van der Waals surface area contributed by atoms with Gasteiger partial charge in [0.05, 0.1) is 9.88 Å². The second-order valence-corrected chi connectivity index (χ2v) is 8.30. The van der Waals surface area contributed by atoms with E-state index < -0.39 is 10.0 Å². The Kier molecular flexibility index (Phi) is 4.68. The zero-order valence-electron chi connectivity index (χ0n) is 12.7. The molecule has 2 aliphatic rings. The lowest BCUT2D eigenvalue weighted by atomic mass is 10.1. The number of nitrogens with zero attached hydrogens (tertiary/aromatic N) is 2. The van der Waals surface area contributed by atoms with Crippen molar-refractivity contribution in [1.29, 1.82) is 0 Å². The fraction of sp³-hybridized carbons (Fsp3) is 0.562. The molecule has 22 heavy (non-hydrogen) atoms. The van der Waals surface area contributed by atoms with Gasteiger partial charge in [0.25, 0.3) is 10.0 Å². The Hall–Kier alpha value is -1.14. The summed E-state index contributed by atoms with van der Waals surface area (Å²) in [4.78, 5) is 3.22. The number of piperidine rings is 2. The zero-order valence-corrected chi connectivity index (χ0v) is 14.3. The second-order valence-electron chi connectivity index (χ2n) is 5.97. The summed E-state index contributed by atoms with van der Waals surface area (Å²) in [7, 11) is -3.49. The largest absolute Gasteiger partial charge is 0.372 e. The standard InChI is InChI=1S/C16H22N2O2S2/c19-22(20,18-13-5-2-6-16(18)21)15-9-7-14(8-10-15)17-11-3-1-4-12-17/h7-10H,1-6,11-13H2. The Labute approximate surface area is 138 Å². The van der Waals surface area contributed by atoms with Crippen molar-refractivity contribution in [1.82, 2.24) is 4.31 Å². The molecule has 2 saturated heterocycles. The molecule has 2 heterocycles. The smallest absolute Gasteiger partial charge is 0.264 e. The number of anilines is 1. The van der Waals surface area contributed by atoms with Gasteiger partial charge in [0.15, 0.2) is 0 Å². The molecule has 4 nitrogen and oxygen atoms in total. The summed E-state index contributed by atoms with van der Waals surface area (Å²) in [6.45, 7) is 2.62. The number of hydrogen-bond donors (Lipinski definition) is 0. The molecular weight excluding hydrogens is 316 g/mol. The van der Waals surface area contributed by atoms with E-state index in [1.807, 2.05) is 12.1 Å². The van der Waals surface area contributed by atoms with Crippen LogP contribution in [0.1, 0.15) is 38.5 Å². The molecule has 6 heteroatoms. The van der Waals surface area contributed by atoms with Gasteiger partial charge in [-0.05, 0) is 62.8 Å². The number of thiocarbonyl (C=S) groups is 1. The third-order valence-electron chi connectivity index (χ3n) is 4.43. The summed E-state index contributed by atoms with van der Waals surface area (Å²) in [6, 6.07) is 7.28. The van der Waals surface area contributed by atoms with E-state index in [-0.39, 0.29) is 0 Å². The van der Waals surface area contributed by atoms with Crippen molar-refractivity contribution in [2.75, 3.05) is 24.5 Å². The molecule has 0 saturated carbocycles. The molecule has 0 amide bonds. The van der Waals surface area contributed by atoms with Gasteiger partial charge < -0.3 is 4.90 Å². The van der Waals surface area contributed by atoms with Gasteiger partial charge in [0.2, 0.25) is 0 Å². The van der Waals surface area contributed by atoms with Gasteiger partial charge in [-0.15, -0.1) is 0 Å². The van der Waals surface area contributed by atoms with Crippen LogP contribution >= 0.6 is 12.2 Å². The van der Waals surface area contributed by atoms with E-state index in [4.69, 9.17) is 12.2 Å². The monoisotopic (exact) mass is 338 g/mol. The third-order valence-corrected chi connectivity index (χ3v) is 6.82. The lowest BCUT2D eigenvalue weighted by Gasteiger charge is -2.30. The van der Waals surface area contributed by atoms with E-state index in [1.54, 1.807) is 12.1 Å². The molecule has 120 valence electrons. The maximum Gasteiger partial charge on any atom is 0.264 e. The van der Waals surface area contributed by atoms with Gasteiger partial charge in [-0.2, -0.15) is 0 Å². The van der Waals surface area contributed by atoms with E-state index in [0.717, 1.165) is 31.6 Å². The van der Waals surface area contributed by atoms with Crippen LogP contribution in [0.2, 0.25) is 0 Å². The van der Waals surface area contributed by atoms with E-state index in [9.17, 15) is 8.42 Å². The van der Waals surface area contributed by atoms with Gasteiger partial charge in [-0.3, -0.25) is 4.31 Å². The van der Waals surface area contributed by atoms with Crippen LogP contribution in [0.15, 0.2) is 29.2 Å². The highest BCUT2D eigenvalue weighted by atomic mass is 32.2. The maximum atomic E-state index is 12.7. The fourth-order valence-electron chi connectivity index (χ4n) is 3.14. The van der Waals surface area contributed by atoms with E-state index >= 15 is 0 Å². The molecule has 0 spiro atoms. The first-order chi connectivity index (χ1) is 10.6. The summed E-state index contributed by atoms with van der Waals surface area (Å²) in [6.07, 6.45) is 6.27. The maximum absolute atomic E-state index is 12.7. The van der Waals surface area contributed by atoms with E-state index in [0.29, 0.717) is 22.8 Å². The summed E-state index contributed by atoms with van der Waals surface area (Å²) in [5, 5.41) is 0. The number of rotatable bonds is 3. The minimum absolute atomic E-state index is 0.345. The highest BCUT2D eigenvalue weighted by Crippen LogP contribution is 2.25. The van der Waals surface area contributed by atoms with Crippen molar-refractivity contribution in [2.24, 2.45) is 0 Å². The Morgan fingerprint density at radius 2 is 1.50 bits per heavy atom. The van der Waals surface area contributed by atoms with Gasteiger partial charge in [-0.1, -0.05) is 12.2 Å². The Morgan fingerprint density at radius 1 is 0.864 bits per heavy atom. The van der Waals surface area contributed by atoms with E-state index in [1.165, 1.54) is 23.6 Å². The van der Waals surface area contributed by atoms with Crippen molar-refractivity contribution >= 4 is 32.9 Å². The molecule has 3 rings (SSSR count). The fourth-order valence-corrected chi connectivity index (χ4v) is 5.14. The Bertz CT molecular complexity index is 635. The normalized spacial score (nSPS) is 20.3. The lowest BCUT2D eigenvalue weighted by Crippen LogP contribution is -2.39. The molecular formula is C16H22N2O2S2. The van der Waals surface area contributed by atoms with Crippen molar-refractivity contribution in [3.63, 3.8) is 0 Å². The summed E-state index contributed by atoms with van der Waals surface area (Å²) < 4.78 is 26.8. The van der Waals surface area contributed by atoms with Crippen LogP contribution in [-0.4, -0.2) is 37.3 Å². The quantitative estimate of drug-likeness (QED) is 0.794. The van der Waals surface area contributed by atoms with Gasteiger partial charge >= 0.3 is 0 Å². The van der Waals surface area contributed by atoms with Crippen LogP contribution < -0.4 is 4.90 Å². The van der Waals surface area contributed by atoms with E-state index in [2.05, 4.69) is 4.90 Å². The van der Waals surface area contributed by atoms with Crippen LogP contribution in [0, 0.1) is 0 Å². The molecule has 0 aromatic heterocycles. The molecule has 0 unspecified atom stereocenters. The first-order valence-electron chi connectivity index (χ1n) is 7.99. The predicted molar refractivity (Wildman–Crippen MR) is 92.8 cm³/mol. The highest BCUT2D eigenvalue weighted by Gasteiger charge is 2.28. The number of benzene rings is 1. The minimum Gasteiger partial charge on any atom is -0.372 e. The molecule has 0 aliphatic carbocycles. The third kappa shape index (κ3) is 3.13. The molecule has 1 aromatic rings. The SMILES string of the molecule is O=S(=O)(c1ccc(N2CCCCC2)cc1)N1CCCCC1=S. The molecule has 0 radical (unpaired) electrons. The Balaban J connectivity index is 1.80. The molecule has 2 fully saturated rings. The van der Waals surface area contributed by atoms with Crippen molar-refractivity contribution < 1.29 is 8.42 Å². The first-order valence-corrected chi connectivity index (χ1v) is 9.84. The molecule has 0 bridgehead atoms. The summed E-state index contributed by atoms with van der Waals surface area (Å²) in [5.41, 5.74) is 1.11. The van der Waals surface area contributed by atoms with Crippen LogP contribution in [0.25, 0.3) is 0 Å². The van der Waals surface area contributed by atoms with Gasteiger partial charge in [0, 0.05) is 25.3 Å². The summed E-state index contributed by atoms with van der Waals surface area (Å²) >= 11 is 5.24. The van der Waals surface area contributed by atoms with Gasteiger partial charge in [-0.25, -0.2) is 8.42 Å². The average Bonchev–Trinajstić information content (AvgIpc) is 2.56. The average molecular weight is 338 g/mol. The molecule has 1 aromatic carbocycles. The van der Waals surface area contributed by atoms with Crippen molar-refractivity contribution in [3.8, 4) is 0 Å². The van der Waals surface area contributed by atoms with Crippen LogP contribution in [0.4, 0.5) is 5.69 Å².